The molecule has 10 nitrogen and oxygen atoms in total. The Morgan fingerprint density at radius 1 is 1.23 bits per heavy atom. The van der Waals surface area contributed by atoms with Crippen LogP contribution >= 0.6 is 0 Å². The number of aryl methyl sites for hydroxylation is 1. The first-order chi connectivity index (χ1) is 15.1. The highest BCUT2D eigenvalue weighted by atomic mass is 16.2. The second-order valence-electron chi connectivity index (χ2n) is 7.06. The Morgan fingerprint density at radius 3 is 2.74 bits per heavy atom. The van der Waals surface area contributed by atoms with Crippen molar-refractivity contribution in [3.8, 4) is 0 Å². The Labute approximate surface area is 182 Å². The number of nitrogens with one attached hydrogen (secondary N) is 2. The lowest BCUT2D eigenvalue weighted by molar-refractivity contribution is 0.246. The average Bonchev–Trinajstić information content (AvgIpc) is 2.75. The summed E-state index contributed by atoms with van der Waals surface area (Å²) in [6.07, 6.45) is 6.40. The number of urea groups is 1. The van der Waals surface area contributed by atoms with Crippen LogP contribution < -0.4 is 21.3 Å². The molecule has 2 aromatic heterocycles. The fourth-order valence-electron chi connectivity index (χ4n) is 3.34. The van der Waals surface area contributed by atoms with E-state index in [1.54, 1.807) is 18.5 Å². The van der Waals surface area contributed by atoms with Gasteiger partial charge in [-0.3, -0.25) is 10.2 Å². The smallest absolute Gasteiger partial charge is 0.321 e. The second kappa shape index (κ2) is 11.0. The maximum absolute atomic E-state index is 11.7. The largest absolute Gasteiger partial charge is 0.405 e. The Kier molecular flexibility index (Phi) is 7.88. The minimum atomic E-state index is -0.301. The molecule has 0 spiro atoms. The quantitative estimate of drug-likeness (QED) is 0.580. The predicted molar refractivity (Wildman–Crippen MR) is 123 cm³/mol. The molecule has 3 heterocycles. The fraction of sp³-hybridized carbons (Fsp3) is 0.381. The van der Waals surface area contributed by atoms with Crippen molar-refractivity contribution in [2.45, 2.75) is 20.4 Å². The van der Waals surface area contributed by atoms with Crippen molar-refractivity contribution in [2.24, 2.45) is 10.7 Å². The number of hydrogen-bond acceptors (Lipinski definition) is 8. The van der Waals surface area contributed by atoms with Crippen molar-refractivity contribution in [1.29, 1.82) is 0 Å². The van der Waals surface area contributed by atoms with Crippen molar-refractivity contribution >= 4 is 29.7 Å². The first kappa shape index (κ1) is 22.2. The molecule has 0 saturated carbocycles. The minimum Gasteiger partial charge on any atom is -0.405 e. The third-order valence-corrected chi connectivity index (χ3v) is 4.82. The van der Waals surface area contributed by atoms with Crippen LogP contribution in [0.25, 0.3) is 0 Å². The van der Waals surface area contributed by atoms with Gasteiger partial charge in [0.05, 0.1) is 17.1 Å². The van der Waals surface area contributed by atoms with Gasteiger partial charge in [-0.1, -0.05) is 0 Å². The van der Waals surface area contributed by atoms with Crippen LogP contribution in [0.15, 0.2) is 41.7 Å². The van der Waals surface area contributed by atoms with E-state index in [9.17, 15) is 4.79 Å². The zero-order valence-electron chi connectivity index (χ0n) is 18.0. The van der Waals surface area contributed by atoms with Gasteiger partial charge in [0, 0.05) is 51.7 Å². The summed E-state index contributed by atoms with van der Waals surface area (Å²) in [5, 5.41) is 5.32. The summed E-state index contributed by atoms with van der Waals surface area (Å²) >= 11 is 0. The van der Waals surface area contributed by atoms with Crippen LogP contribution in [-0.4, -0.2) is 64.8 Å². The van der Waals surface area contributed by atoms with Gasteiger partial charge in [0.25, 0.3) is 0 Å². The maximum atomic E-state index is 11.7. The molecule has 31 heavy (non-hydrogen) atoms. The fourth-order valence-corrected chi connectivity index (χ4v) is 3.34. The first-order valence-electron chi connectivity index (χ1n) is 10.3. The summed E-state index contributed by atoms with van der Waals surface area (Å²) in [5.41, 5.74) is 8.27. The predicted octanol–water partition coefficient (Wildman–Crippen LogP) is 1.82. The summed E-state index contributed by atoms with van der Waals surface area (Å²) in [6.45, 7) is 8.73. The molecule has 2 aromatic rings. The lowest BCUT2D eigenvalue weighted by atomic mass is 10.2. The molecule has 4 N–H and O–H groups in total. The van der Waals surface area contributed by atoms with E-state index in [4.69, 9.17) is 5.73 Å². The van der Waals surface area contributed by atoms with E-state index in [0.717, 1.165) is 43.3 Å². The summed E-state index contributed by atoms with van der Waals surface area (Å²) in [4.78, 5) is 33.7. The van der Waals surface area contributed by atoms with Crippen LogP contribution in [0.3, 0.4) is 0 Å². The summed E-state index contributed by atoms with van der Waals surface area (Å²) in [7, 11) is 0. The third kappa shape index (κ3) is 6.48. The van der Waals surface area contributed by atoms with Crippen molar-refractivity contribution < 1.29 is 4.79 Å². The molecule has 0 aromatic carbocycles. The average molecular weight is 424 g/mol. The molecule has 2 amide bonds. The van der Waals surface area contributed by atoms with Crippen LogP contribution in [0.1, 0.15) is 18.3 Å². The summed E-state index contributed by atoms with van der Waals surface area (Å²) in [6, 6.07) is 5.56. The maximum Gasteiger partial charge on any atom is 0.321 e. The van der Waals surface area contributed by atoms with E-state index in [1.807, 2.05) is 26.0 Å². The zero-order chi connectivity index (χ0) is 22.1. The molecule has 1 aliphatic rings. The van der Waals surface area contributed by atoms with E-state index >= 15 is 0 Å². The monoisotopic (exact) mass is 423 g/mol. The zero-order valence-corrected chi connectivity index (χ0v) is 18.0. The van der Waals surface area contributed by atoms with Gasteiger partial charge < -0.3 is 16.0 Å². The number of nitrogens with two attached hydrogens (primary N) is 1. The van der Waals surface area contributed by atoms with Crippen molar-refractivity contribution in [1.82, 2.24) is 25.2 Å². The number of amides is 2. The van der Waals surface area contributed by atoms with E-state index in [0.29, 0.717) is 24.9 Å². The Balaban J connectivity index is 1.55. The number of aromatic nitrogens is 3. The Morgan fingerprint density at radius 2 is 2.03 bits per heavy atom. The lowest BCUT2D eigenvalue weighted by Crippen LogP contribution is -2.46. The molecule has 0 radical (unpaired) electrons. The number of aliphatic imine (C=N–C) groups is 1. The number of hydrogen-bond donors (Lipinski definition) is 3. The van der Waals surface area contributed by atoms with Crippen LogP contribution in [-0.2, 0) is 6.54 Å². The molecule has 1 saturated heterocycles. The molecule has 164 valence electrons. The highest BCUT2D eigenvalue weighted by Crippen LogP contribution is 2.23. The number of carbonyl (C=O) groups is 1. The van der Waals surface area contributed by atoms with Gasteiger partial charge in [-0.15, -0.1) is 0 Å². The van der Waals surface area contributed by atoms with E-state index < -0.39 is 0 Å². The normalized spacial score (nSPS) is 15.0. The number of piperazine rings is 1. The van der Waals surface area contributed by atoms with Crippen LogP contribution in [0.2, 0.25) is 0 Å². The Hall–Kier alpha value is -3.53. The first-order valence-corrected chi connectivity index (χ1v) is 10.3. The number of anilines is 2. The molecule has 3 rings (SSSR count). The molecule has 1 aliphatic heterocycles. The van der Waals surface area contributed by atoms with Crippen LogP contribution in [0.4, 0.5) is 22.2 Å². The molecular weight excluding hydrogens is 394 g/mol. The van der Waals surface area contributed by atoms with Crippen molar-refractivity contribution in [2.75, 3.05) is 42.9 Å². The van der Waals surface area contributed by atoms with Gasteiger partial charge in [-0.25, -0.2) is 24.7 Å². The van der Waals surface area contributed by atoms with Gasteiger partial charge in [0.1, 0.15) is 0 Å². The number of allylic oxidation sites excluding steroid dienone is 1. The second-order valence-corrected chi connectivity index (χ2v) is 7.06. The number of carbonyl (C=O) groups excluding carboxylic acids is 1. The SMILES string of the molecule is CCNC(=O)Nc1nccc(CN2CCN(c3ccc(N=C/C=C\N)nc3C)CC2)n1. The van der Waals surface area contributed by atoms with Gasteiger partial charge in [0.15, 0.2) is 5.82 Å². The number of pyridine rings is 1. The van der Waals surface area contributed by atoms with E-state index in [2.05, 4.69) is 46.4 Å². The Bertz CT molecular complexity index is 936. The van der Waals surface area contributed by atoms with E-state index in [-0.39, 0.29) is 6.03 Å². The topological polar surface area (TPSA) is 125 Å². The molecule has 10 heteroatoms. The van der Waals surface area contributed by atoms with Crippen molar-refractivity contribution in [3.05, 3.63) is 48.1 Å². The highest BCUT2D eigenvalue weighted by Gasteiger charge is 2.19. The molecule has 0 atom stereocenters. The summed E-state index contributed by atoms with van der Waals surface area (Å²) in [5.74, 6) is 0.979. The van der Waals surface area contributed by atoms with Gasteiger partial charge in [-0.2, -0.15) is 0 Å². The summed E-state index contributed by atoms with van der Waals surface area (Å²) < 4.78 is 0. The van der Waals surface area contributed by atoms with Gasteiger partial charge in [0.2, 0.25) is 5.95 Å². The third-order valence-electron chi connectivity index (χ3n) is 4.82. The van der Waals surface area contributed by atoms with Gasteiger partial charge in [-0.05, 0) is 44.3 Å². The molecule has 0 bridgehead atoms. The number of nitrogens with zero attached hydrogens (tertiary/aromatic N) is 6. The van der Waals surface area contributed by atoms with Crippen molar-refractivity contribution in [3.63, 3.8) is 0 Å². The molecule has 1 fully saturated rings. The minimum absolute atomic E-state index is 0.301. The van der Waals surface area contributed by atoms with Crippen LogP contribution in [0, 0.1) is 6.92 Å². The molecule has 0 aliphatic carbocycles. The van der Waals surface area contributed by atoms with E-state index in [1.165, 1.54) is 6.20 Å². The molecule has 0 unspecified atom stereocenters. The highest BCUT2D eigenvalue weighted by molar-refractivity contribution is 5.87. The number of rotatable bonds is 7. The lowest BCUT2D eigenvalue weighted by Gasteiger charge is -2.36. The van der Waals surface area contributed by atoms with Crippen LogP contribution in [0.5, 0.6) is 0 Å². The molecular formula is C21H29N9O. The van der Waals surface area contributed by atoms with Gasteiger partial charge >= 0.3 is 6.03 Å². The standard InChI is InChI=1S/C21H29N9O/c1-3-23-21(31)28-20-25-10-7-17(27-20)15-29-11-13-30(14-12-29)18-5-6-19(26-16(18)2)24-9-4-8-22/h4-10H,3,11-15,22H2,1-2H3,(H2,23,25,27,28,31)/b8-4-,24-9?.